The van der Waals surface area contributed by atoms with Crippen molar-refractivity contribution in [3.63, 3.8) is 0 Å². The van der Waals surface area contributed by atoms with Gasteiger partial charge in [0.2, 0.25) is 0 Å². The lowest BCUT2D eigenvalue weighted by molar-refractivity contribution is -0.182. The van der Waals surface area contributed by atoms with Crippen molar-refractivity contribution >= 4 is 12.0 Å². The number of rotatable bonds is 6. The van der Waals surface area contributed by atoms with Crippen molar-refractivity contribution in [1.29, 1.82) is 0 Å². The molecule has 29 heavy (non-hydrogen) atoms. The Morgan fingerprint density at radius 1 is 1.10 bits per heavy atom. The van der Waals surface area contributed by atoms with Gasteiger partial charge in [0.05, 0.1) is 7.11 Å². The van der Waals surface area contributed by atoms with E-state index in [1.54, 1.807) is 13.2 Å². The molecule has 2 bridgehead atoms. The number of hydrogen-bond donors (Lipinski definition) is 0. The van der Waals surface area contributed by atoms with E-state index in [2.05, 4.69) is 60.6 Å². The molecule has 3 heteroatoms. The summed E-state index contributed by atoms with van der Waals surface area (Å²) in [6, 6.07) is 4.25. The van der Waals surface area contributed by atoms with E-state index in [0.29, 0.717) is 35.0 Å². The Morgan fingerprint density at radius 3 is 2.14 bits per heavy atom. The van der Waals surface area contributed by atoms with Crippen LogP contribution < -0.4 is 4.74 Å². The molecule has 0 aromatic heterocycles. The van der Waals surface area contributed by atoms with Crippen molar-refractivity contribution < 1.29 is 14.3 Å². The minimum atomic E-state index is -0.228. The van der Waals surface area contributed by atoms with Crippen LogP contribution in [-0.4, -0.2) is 19.2 Å². The van der Waals surface area contributed by atoms with Crippen LogP contribution in [-0.2, 0) is 9.53 Å². The molecule has 0 aliphatic heterocycles. The summed E-state index contributed by atoms with van der Waals surface area (Å²) in [5.74, 6) is 3.23. The first-order valence-corrected chi connectivity index (χ1v) is 11.2. The summed E-state index contributed by atoms with van der Waals surface area (Å²) in [6.45, 7) is 15.6. The average molecular weight is 399 g/mol. The third-order valence-electron chi connectivity index (χ3n) is 7.58. The van der Waals surface area contributed by atoms with E-state index in [0.717, 1.165) is 17.7 Å². The fourth-order valence-electron chi connectivity index (χ4n) is 5.50. The number of hydrogen-bond acceptors (Lipinski definition) is 3. The minimum Gasteiger partial charge on any atom is -0.496 e. The Morgan fingerprint density at radius 2 is 1.69 bits per heavy atom. The van der Waals surface area contributed by atoms with E-state index >= 15 is 0 Å². The minimum absolute atomic E-state index is 0.0530. The van der Waals surface area contributed by atoms with Crippen molar-refractivity contribution in [2.75, 3.05) is 7.11 Å². The molecule has 3 aliphatic carbocycles. The van der Waals surface area contributed by atoms with Crippen LogP contribution in [0.4, 0.5) is 0 Å². The zero-order chi connectivity index (χ0) is 21.5. The Balaban J connectivity index is 1.73. The fourth-order valence-corrected chi connectivity index (χ4v) is 5.50. The molecule has 0 amide bonds. The summed E-state index contributed by atoms with van der Waals surface area (Å²) in [6.07, 6.45) is 5.82. The summed E-state index contributed by atoms with van der Waals surface area (Å²) in [4.78, 5) is 12.5. The molecule has 3 fully saturated rings. The third-order valence-corrected chi connectivity index (χ3v) is 7.58. The van der Waals surface area contributed by atoms with E-state index in [1.165, 1.54) is 17.5 Å². The molecule has 4 atom stereocenters. The van der Waals surface area contributed by atoms with Crippen molar-refractivity contribution in [2.45, 2.75) is 79.2 Å². The Kier molecular flexibility index (Phi) is 6.17. The highest BCUT2D eigenvalue weighted by atomic mass is 16.5. The highest BCUT2D eigenvalue weighted by Gasteiger charge is 2.57. The van der Waals surface area contributed by atoms with E-state index in [1.807, 2.05) is 6.08 Å². The zero-order valence-corrected chi connectivity index (χ0v) is 19.4. The highest BCUT2D eigenvalue weighted by Crippen LogP contribution is 2.61. The van der Waals surface area contributed by atoms with Crippen LogP contribution in [0.25, 0.3) is 6.08 Å². The van der Waals surface area contributed by atoms with Crippen molar-refractivity contribution in [1.82, 2.24) is 0 Å². The number of fused-ring (bicyclic) bond motifs is 2. The number of carbonyl (C=O) groups is 1. The predicted octanol–water partition coefficient (Wildman–Crippen LogP) is 6.57. The van der Waals surface area contributed by atoms with Gasteiger partial charge in [-0.2, -0.15) is 0 Å². The molecular formula is C26H38O3. The lowest BCUT2D eigenvalue weighted by atomic mass is 9.45. The first kappa shape index (κ1) is 21.9. The molecule has 3 saturated carbocycles. The van der Waals surface area contributed by atoms with Gasteiger partial charge in [0.25, 0.3) is 0 Å². The molecule has 3 nitrogen and oxygen atoms in total. The molecule has 4 unspecified atom stereocenters. The molecule has 1 aromatic carbocycles. The molecule has 4 rings (SSSR count). The van der Waals surface area contributed by atoms with Gasteiger partial charge in [-0.25, -0.2) is 4.79 Å². The summed E-state index contributed by atoms with van der Waals surface area (Å²) >= 11 is 0. The lowest BCUT2D eigenvalue weighted by Gasteiger charge is -2.61. The number of esters is 1. The highest BCUT2D eigenvalue weighted by molar-refractivity contribution is 5.87. The molecule has 0 spiro atoms. The van der Waals surface area contributed by atoms with Gasteiger partial charge in [0.1, 0.15) is 11.9 Å². The third kappa shape index (κ3) is 4.11. The van der Waals surface area contributed by atoms with Gasteiger partial charge in [0.15, 0.2) is 0 Å². The van der Waals surface area contributed by atoms with Crippen molar-refractivity contribution in [3.05, 3.63) is 34.9 Å². The zero-order valence-electron chi connectivity index (χ0n) is 19.4. The average Bonchev–Trinajstić information content (AvgIpc) is 2.66. The van der Waals surface area contributed by atoms with Gasteiger partial charge in [-0.3, -0.25) is 0 Å². The molecular weight excluding hydrogens is 360 g/mol. The second-order valence-corrected chi connectivity index (χ2v) is 10.3. The lowest BCUT2D eigenvalue weighted by Crippen LogP contribution is -2.57. The Labute approximate surface area is 176 Å². The van der Waals surface area contributed by atoms with E-state index in [-0.39, 0.29) is 12.1 Å². The quantitative estimate of drug-likeness (QED) is 0.401. The van der Waals surface area contributed by atoms with E-state index in [9.17, 15) is 4.79 Å². The maximum atomic E-state index is 12.5. The van der Waals surface area contributed by atoms with Gasteiger partial charge >= 0.3 is 5.97 Å². The van der Waals surface area contributed by atoms with Crippen LogP contribution in [0.5, 0.6) is 5.75 Å². The van der Waals surface area contributed by atoms with Crippen LogP contribution in [0.3, 0.4) is 0 Å². The van der Waals surface area contributed by atoms with E-state index < -0.39 is 0 Å². The van der Waals surface area contributed by atoms with Crippen molar-refractivity contribution in [3.8, 4) is 5.75 Å². The fraction of sp³-hybridized carbons (Fsp3) is 0.654. The van der Waals surface area contributed by atoms with Crippen LogP contribution in [0.15, 0.2) is 18.2 Å². The Bertz CT molecular complexity index is 758. The van der Waals surface area contributed by atoms with Crippen LogP contribution in [0, 0.1) is 23.2 Å². The SMILES string of the molecule is COc1c(C(C)C)cc(/C=C/C(=O)OC2CC3CC(C2C)C3(C)C)cc1C(C)C. The number of ether oxygens (including phenoxy) is 2. The summed E-state index contributed by atoms with van der Waals surface area (Å²) in [5.41, 5.74) is 3.78. The molecule has 0 N–H and O–H groups in total. The monoisotopic (exact) mass is 398 g/mol. The van der Waals surface area contributed by atoms with Crippen LogP contribution >= 0.6 is 0 Å². The first-order chi connectivity index (χ1) is 13.6. The van der Waals surface area contributed by atoms with Gasteiger partial charge in [0, 0.05) is 6.08 Å². The maximum Gasteiger partial charge on any atom is 0.331 e. The largest absolute Gasteiger partial charge is 0.496 e. The second-order valence-electron chi connectivity index (χ2n) is 10.3. The summed E-state index contributed by atoms with van der Waals surface area (Å²) < 4.78 is 11.6. The Hall–Kier alpha value is -1.77. The number of benzene rings is 1. The topological polar surface area (TPSA) is 35.5 Å². The molecule has 0 heterocycles. The van der Waals surface area contributed by atoms with Crippen LogP contribution in [0.1, 0.15) is 89.8 Å². The van der Waals surface area contributed by atoms with Crippen molar-refractivity contribution in [2.24, 2.45) is 23.2 Å². The molecule has 3 aliphatic rings. The second kappa shape index (κ2) is 8.16. The van der Waals surface area contributed by atoms with Gasteiger partial charge in [-0.1, -0.05) is 48.5 Å². The van der Waals surface area contributed by atoms with Crippen LogP contribution in [0.2, 0.25) is 0 Å². The maximum absolute atomic E-state index is 12.5. The molecule has 0 radical (unpaired) electrons. The molecule has 0 saturated heterocycles. The van der Waals surface area contributed by atoms with Gasteiger partial charge in [-0.15, -0.1) is 0 Å². The first-order valence-electron chi connectivity index (χ1n) is 11.2. The molecule has 160 valence electrons. The molecule has 1 aromatic rings. The van der Waals surface area contributed by atoms with Gasteiger partial charge < -0.3 is 9.47 Å². The summed E-state index contributed by atoms with van der Waals surface area (Å²) in [5, 5.41) is 0. The summed E-state index contributed by atoms with van der Waals surface area (Å²) in [7, 11) is 1.73. The van der Waals surface area contributed by atoms with E-state index in [4.69, 9.17) is 9.47 Å². The standard InChI is InChI=1S/C26H38O3/c1-15(2)20-11-18(12-21(16(3)4)25(20)28-8)9-10-24(27)29-23-14-19-13-22(17(23)5)26(19,6)7/h9-12,15-17,19,22-23H,13-14H2,1-8H3/b10-9+. The van der Waals surface area contributed by atoms with Gasteiger partial charge in [-0.05, 0) is 82.7 Å². The number of carbonyl (C=O) groups excluding carboxylic acids is 1. The number of methoxy groups -OCH3 is 1. The predicted molar refractivity (Wildman–Crippen MR) is 119 cm³/mol. The smallest absolute Gasteiger partial charge is 0.331 e. The normalized spacial score (nSPS) is 27.9.